The second-order valence-electron chi connectivity index (χ2n) is 12.9. The minimum atomic E-state index is -1.43. The molecule has 11 nitrogen and oxygen atoms in total. The molecule has 53 heavy (non-hydrogen) atoms. The lowest BCUT2D eigenvalue weighted by molar-refractivity contribution is -0.868. The van der Waals surface area contributed by atoms with Crippen molar-refractivity contribution in [2.75, 3.05) is 33.4 Å². The second kappa shape index (κ2) is 17.5. The number of carbonyl (C=O) groups is 5. The van der Waals surface area contributed by atoms with Crippen LogP contribution in [0.1, 0.15) is 47.1 Å². The molecule has 1 aliphatic rings. The van der Waals surface area contributed by atoms with E-state index in [1.165, 1.54) is 12.0 Å². The summed E-state index contributed by atoms with van der Waals surface area (Å²) in [7, 11) is 1.49. The minimum absolute atomic E-state index is 0.0314. The van der Waals surface area contributed by atoms with E-state index in [1.807, 2.05) is 60.7 Å². The number of quaternary nitrogens is 1. The number of rotatable bonds is 15. The van der Waals surface area contributed by atoms with Crippen molar-refractivity contribution in [3.63, 3.8) is 0 Å². The van der Waals surface area contributed by atoms with Gasteiger partial charge in [0.05, 0.1) is 20.1 Å². The van der Waals surface area contributed by atoms with Crippen LogP contribution in [0.5, 0.6) is 5.75 Å². The SMILES string of the molecule is COc1ccc(C(C(N)=O)[N+]2(CCc3ccc(Cl)cc3Cl)CC(=O)N(CCC(c3ccccc3)c3ccccc3)C(C(=O)OCC(N)=O)CC2=O)cc1. The van der Waals surface area contributed by atoms with Crippen LogP contribution in [0, 0.1) is 0 Å². The Morgan fingerprint density at radius 1 is 0.868 bits per heavy atom. The van der Waals surface area contributed by atoms with Crippen molar-refractivity contribution in [3.05, 3.63) is 135 Å². The summed E-state index contributed by atoms with van der Waals surface area (Å²) in [6, 6.07) is 28.1. The highest BCUT2D eigenvalue weighted by atomic mass is 35.5. The molecule has 1 aliphatic heterocycles. The molecular formula is C40H41Cl2N4O7+. The van der Waals surface area contributed by atoms with Gasteiger partial charge in [0.2, 0.25) is 6.04 Å². The average Bonchev–Trinajstić information content (AvgIpc) is 3.25. The lowest BCUT2D eigenvalue weighted by atomic mass is 9.88. The lowest BCUT2D eigenvalue weighted by Crippen LogP contribution is -2.61. The van der Waals surface area contributed by atoms with Crippen molar-refractivity contribution in [1.82, 2.24) is 4.90 Å². The number of amides is 4. The predicted octanol–water partition coefficient (Wildman–Crippen LogP) is 4.97. The van der Waals surface area contributed by atoms with E-state index in [2.05, 4.69) is 0 Å². The van der Waals surface area contributed by atoms with Gasteiger partial charge >= 0.3 is 11.9 Å². The third-order valence-electron chi connectivity index (χ3n) is 9.66. The van der Waals surface area contributed by atoms with Gasteiger partial charge < -0.3 is 25.8 Å². The molecule has 0 radical (unpaired) electrons. The molecule has 4 amide bonds. The highest BCUT2D eigenvalue weighted by molar-refractivity contribution is 6.35. The molecule has 0 saturated carbocycles. The Kier molecular flexibility index (Phi) is 12.9. The minimum Gasteiger partial charge on any atom is -0.497 e. The molecule has 1 heterocycles. The second-order valence-corrected chi connectivity index (χ2v) is 13.8. The fraction of sp³-hybridized carbons (Fsp3) is 0.275. The summed E-state index contributed by atoms with van der Waals surface area (Å²) in [6.07, 6.45) is -0.0134. The molecule has 1 saturated heterocycles. The van der Waals surface area contributed by atoms with E-state index < -0.39 is 65.7 Å². The predicted molar refractivity (Wildman–Crippen MR) is 200 cm³/mol. The van der Waals surface area contributed by atoms with Gasteiger partial charge in [-0.3, -0.25) is 14.4 Å². The van der Waals surface area contributed by atoms with Crippen LogP contribution in [0.15, 0.2) is 103 Å². The first-order valence-electron chi connectivity index (χ1n) is 17.0. The first-order valence-corrected chi connectivity index (χ1v) is 17.8. The monoisotopic (exact) mass is 759 g/mol. The van der Waals surface area contributed by atoms with E-state index in [0.717, 1.165) is 11.1 Å². The molecule has 4 aromatic rings. The van der Waals surface area contributed by atoms with E-state index in [-0.39, 0.29) is 25.4 Å². The van der Waals surface area contributed by atoms with E-state index in [4.69, 9.17) is 44.1 Å². The summed E-state index contributed by atoms with van der Waals surface area (Å²) in [4.78, 5) is 69.9. The summed E-state index contributed by atoms with van der Waals surface area (Å²) in [6.45, 7) is -1.31. The number of esters is 1. The summed E-state index contributed by atoms with van der Waals surface area (Å²) < 4.78 is 9.81. The molecule has 3 unspecified atom stereocenters. The van der Waals surface area contributed by atoms with Crippen molar-refractivity contribution in [3.8, 4) is 5.75 Å². The van der Waals surface area contributed by atoms with Gasteiger partial charge in [-0.05, 0) is 59.5 Å². The van der Waals surface area contributed by atoms with Crippen molar-refractivity contribution < 1.29 is 37.9 Å². The highest BCUT2D eigenvalue weighted by Crippen LogP contribution is 2.37. The Morgan fingerprint density at radius 2 is 1.49 bits per heavy atom. The van der Waals surface area contributed by atoms with Gasteiger partial charge in [0.1, 0.15) is 11.8 Å². The molecule has 0 spiro atoms. The molecule has 0 aromatic heterocycles. The summed E-state index contributed by atoms with van der Waals surface area (Å²) in [5.41, 5.74) is 14.4. The van der Waals surface area contributed by atoms with Crippen molar-refractivity contribution in [2.45, 2.75) is 37.3 Å². The maximum absolute atomic E-state index is 14.9. The van der Waals surface area contributed by atoms with Crippen LogP contribution >= 0.6 is 23.2 Å². The number of hydrogen-bond acceptors (Lipinski definition) is 7. The van der Waals surface area contributed by atoms with Gasteiger partial charge in [0.25, 0.3) is 17.7 Å². The molecule has 5 rings (SSSR count). The van der Waals surface area contributed by atoms with Crippen LogP contribution in [0.2, 0.25) is 10.0 Å². The number of methoxy groups -OCH3 is 1. The van der Waals surface area contributed by atoms with Crippen LogP contribution in [0.3, 0.4) is 0 Å². The fourth-order valence-electron chi connectivity index (χ4n) is 7.04. The number of hydrogen-bond donors (Lipinski definition) is 2. The number of carbonyl (C=O) groups excluding carboxylic acids is 5. The zero-order chi connectivity index (χ0) is 38.1. The van der Waals surface area contributed by atoms with E-state index in [1.54, 1.807) is 42.5 Å². The van der Waals surface area contributed by atoms with Crippen LogP contribution < -0.4 is 16.2 Å². The average molecular weight is 761 g/mol. The zero-order valence-electron chi connectivity index (χ0n) is 29.2. The van der Waals surface area contributed by atoms with E-state index >= 15 is 0 Å². The molecule has 4 N–H and O–H groups in total. The van der Waals surface area contributed by atoms with Gasteiger partial charge in [-0.2, -0.15) is 0 Å². The van der Waals surface area contributed by atoms with Crippen LogP contribution in [0.4, 0.5) is 0 Å². The summed E-state index contributed by atoms with van der Waals surface area (Å²) in [5, 5.41) is 0.751. The standard InChI is InChI=1S/C40H40Cl2N4O7/c1-52-31-16-13-29(14-17-31)38(39(44)50)46(21-19-28-12-15-30(41)22-33(28)42)24-36(48)45(34(23-37(46)49)40(51)53-25-35(43)47)20-18-32(26-8-4-2-5-9-26)27-10-6-3-7-11-27/h2-17,22,32,34,38H,18-21,23-25H2,1H3,(H3-,43,44,47,50)/p+1. The molecule has 276 valence electrons. The number of nitrogens with zero attached hydrogens (tertiary/aromatic N) is 2. The molecular weight excluding hydrogens is 719 g/mol. The van der Waals surface area contributed by atoms with Crippen molar-refractivity contribution >= 4 is 52.8 Å². The third kappa shape index (κ3) is 9.23. The largest absolute Gasteiger partial charge is 0.497 e. The number of benzene rings is 4. The Labute approximate surface area is 317 Å². The molecule has 0 aliphatic carbocycles. The smallest absolute Gasteiger partial charge is 0.330 e. The van der Waals surface area contributed by atoms with Gasteiger partial charge in [-0.1, -0.05) is 89.9 Å². The topological polar surface area (TPSA) is 159 Å². The Hall–Kier alpha value is -5.23. The molecule has 1 fully saturated rings. The first kappa shape index (κ1) is 39.0. The Bertz CT molecular complexity index is 1910. The number of ether oxygens (including phenoxy) is 2. The fourth-order valence-corrected chi connectivity index (χ4v) is 7.54. The highest BCUT2D eigenvalue weighted by Gasteiger charge is 2.54. The number of nitrogens with two attached hydrogens (primary N) is 2. The van der Waals surface area contributed by atoms with Crippen molar-refractivity contribution in [1.29, 1.82) is 0 Å². The summed E-state index contributed by atoms with van der Waals surface area (Å²) >= 11 is 12.7. The number of halogens is 2. The van der Waals surface area contributed by atoms with Crippen molar-refractivity contribution in [2.24, 2.45) is 11.5 Å². The summed E-state index contributed by atoms with van der Waals surface area (Å²) in [5.74, 6) is -3.59. The van der Waals surface area contributed by atoms with Crippen LogP contribution in [-0.2, 0) is 35.1 Å². The molecule has 4 aromatic carbocycles. The molecule has 13 heteroatoms. The Balaban J connectivity index is 1.60. The van der Waals surface area contributed by atoms with Gasteiger partial charge in [0, 0.05) is 34.5 Å². The maximum Gasteiger partial charge on any atom is 0.330 e. The quantitative estimate of drug-likeness (QED) is 0.128. The first-order chi connectivity index (χ1) is 25.4. The molecule has 3 atom stereocenters. The van der Waals surface area contributed by atoms with Gasteiger partial charge in [-0.25, -0.2) is 14.1 Å². The van der Waals surface area contributed by atoms with Gasteiger partial charge in [-0.15, -0.1) is 0 Å². The maximum atomic E-state index is 14.9. The molecule has 0 bridgehead atoms. The van der Waals surface area contributed by atoms with Crippen LogP contribution in [-0.4, -0.2) is 78.4 Å². The zero-order valence-corrected chi connectivity index (χ0v) is 30.7. The Morgan fingerprint density at radius 3 is 2.04 bits per heavy atom. The number of primary amides is 2. The third-order valence-corrected chi connectivity index (χ3v) is 10.2. The van der Waals surface area contributed by atoms with E-state index in [0.29, 0.717) is 33.3 Å². The lowest BCUT2D eigenvalue weighted by Gasteiger charge is -2.40. The normalized spacial score (nSPS) is 18.0. The van der Waals surface area contributed by atoms with E-state index in [9.17, 15) is 24.0 Å². The van der Waals surface area contributed by atoms with Gasteiger partial charge in [0.15, 0.2) is 13.2 Å². The van der Waals surface area contributed by atoms with Crippen LogP contribution in [0.25, 0.3) is 0 Å².